The van der Waals surface area contributed by atoms with Gasteiger partial charge in [-0.3, -0.25) is 10.0 Å². The van der Waals surface area contributed by atoms with Gasteiger partial charge in [0.2, 0.25) is 10.0 Å². The van der Waals surface area contributed by atoms with Crippen molar-refractivity contribution in [2.75, 3.05) is 13.2 Å². The summed E-state index contributed by atoms with van der Waals surface area (Å²) in [6, 6.07) is 12.9. The van der Waals surface area contributed by atoms with E-state index in [1.807, 2.05) is 0 Å². The monoisotopic (exact) mass is 493 g/mol. The van der Waals surface area contributed by atoms with E-state index in [1.54, 1.807) is 53.5 Å². The van der Waals surface area contributed by atoms with Gasteiger partial charge in [-0.15, -0.1) is 19.0 Å². The molecule has 0 aliphatic rings. The molecule has 0 spiro atoms. The molecule has 0 radical (unpaired) electrons. The standard InChI is InChI=1S/C21H23N5O5S.ClH/c1-2-3-12-31-19-8-10-20(11-9-19)32(29,30)25(14-21(27)24-28)13-17-4-6-18(7-5-17)26-16-22-15-23-26;/h2,4-11,15-16,28H,1,3,12-14H2,(H,24,27);1H. The lowest BCUT2D eigenvalue weighted by Crippen LogP contribution is -2.39. The van der Waals surface area contributed by atoms with Crippen molar-refractivity contribution < 1.29 is 23.2 Å². The van der Waals surface area contributed by atoms with Crippen LogP contribution in [0.15, 0.2) is 78.7 Å². The van der Waals surface area contributed by atoms with E-state index in [0.717, 1.165) is 9.99 Å². The van der Waals surface area contributed by atoms with Gasteiger partial charge in [0, 0.05) is 6.54 Å². The highest BCUT2D eigenvalue weighted by Crippen LogP contribution is 2.22. The molecule has 10 nitrogen and oxygen atoms in total. The molecule has 2 N–H and O–H groups in total. The van der Waals surface area contributed by atoms with Crippen LogP contribution in [0.5, 0.6) is 5.75 Å². The molecule has 0 saturated heterocycles. The second-order valence-electron chi connectivity index (χ2n) is 6.71. The van der Waals surface area contributed by atoms with E-state index in [0.29, 0.717) is 24.3 Å². The zero-order chi connectivity index (χ0) is 23.0. The fourth-order valence-corrected chi connectivity index (χ4v) is 4.22. The molecule has 0 atom stereocenters. The maximum Gasteiger partial charge on any atom is 0.258 e. The van der Waals surface area contributed by atoms with Crippen LogP contribution in [-0.4, -0.2) is 51.8 Å². The maximum absolute atomic E-state index is 13.2. The number of hydroxylamine groups is 1. The van der Waals surface area contributed by atoms with Crippen LogP contribution >= 0.6 is 12.4 Å². The number of ether oxygens (including phenoxy) is 1. The number of carbonyl (C=O) groups is 1. The van der Waals surface area contributed by atoms with E-state index in [1.165, 1.54) is 23.9 Å². The molecule has 0 aliphatic carbocycles. The lowest BCUT2D eigenvalue weighted by atomic mass is 10.2. The minimum atomic E-state index is -4.04. The van der Waals surface area contributed by atoms with E-state index in [4.69, 9.17) is 9.94 Å². The van der Waals surface area contributed by atoms with Crippen molar-refractivity contribution in [3.63, 3.8) is 0 Å². The van der Waals surface area contributed by atoms with Gasteiger partial charge in [0.1, 0.15) is 18.4 Å². The molecule has 0 aliphatic heterocycles. The molecular weight excluding hydrogens is 470 g/mol. The average Bonchev–Trinajstić information content (AvgIpc) is 3.34. The van der Waals surface area contributed by atoms with Crippen molar-refractivity contribution in [3.8, 4) is 11.4 Å². The maximum atomic E-state index is 13.2. The molecule has 33 heavy (non-hydrogen) atoms. The van der Waals surface area contributed by atoms with Gasteiger partial charge in [0.15, 0.2) is 0 Å². The van der Waals surface area contributed by atoms with Crippen LogP contribution in [0.25, 0.3) is 5.69 Å². The molecule has 12 heteroatoms. The third kappa shape index (κ3) is 6.86. The molecule has 0 fully saturated rings. The second kappa shape index (κ2) is 12.1. The summed E-state index contributed by atoms with van der Waals surface area (Å²) in [5, 5.41) is 12.9. The smallest absolute Gasteiger partial charge is 0.258 e. The van der Waals surface area contributed by atoms with Crippen LogP contribution in [0.3, 0.4) is 0 Å². The van der Waals surface area contributed by atoms with E-state index in [-0.39, 0.29) is 23.8 Å². The number of nitrogens with zero attached hydrogens (tertiary/aromatic N) is 4. The Balaban J connectivity index is 0.00000385. The van der Waals surface area contributed by atoms with Crippen molar-refractivity contribution in [3.05, 3.63) is 79.4 Å². The van der Waals surface area contributed by atoms with Crippen LogP contribution in [0, 0.1) is 0 Å². The highest BCUT2D eigenvalue weighted by atomic mass is 35.5. The second-order valence-corrected chi connectivity index (χ2v) is 8.65. The number of hydrogen-bond acceptors (Lipinski definition) is 7. The molecule has 1 aromatic heterocycles. The number of hydrogen-bond donors (Lipinski definition) is 2. The van der Waals surface area contributed by atoms with Gasteiger partial charge in [0.05, 0.1) is 23.7 Å². The Kier molecular flexibility index (Phi) is 9.55. The largest absolute Gasteiger partial charge is 0.493 e. The Labute approximate surface area is 197 Å². The molecular formula is C21H24ClN5O5S. The quantitative estimate of drug-likeness (QED) is 0.182. The van der Waals surface area contributed by atoms with E-state index in [9.17, 15) is 13.2 Å². The highest BCUT2D eigenvalue weighted by Gasteiger charge is 2.27. The lowest BCUT2D eigenvalue weighted by Gasteiger charge is -2.21. The average molecular weight is 494 g/mol. The zero-order valence-corrected chi connectivity index (χ0v) is 19.2. The van der Waals surface area contributed by atoms with E-state index >= 15 is 0 Å². The van der Waals surface area contributed by atoms with Crippen molar-refractivity contribution in [1.29, 1.82) is 0 Å². The normalized spacial score (nSPS) is 11.0. The molecule has 3 aromatic rings. The van der Waals surface area contributed by atoms with Crippen LogP contribution in [0.2, 0.25) is 0 Å². The fraction of sp³-hybridized carbons (Fsp3) is 0.190. The summed E-state index contributed by atoms with van der Waals surface area (Å²) >= 11 is 0. The van der Waals surface area contributed by atoms with Crippen LogP contribution in [-0.2, 0) is 21.4 Å². The summed E-state index contributed by atoms with van der Waals surface area (Å²) in [4.78, 5) is 15.7. The number of aromatic nitrogens is 3. The number of amides is 1. The fourth-order valence-electron chi connectivity index (χ4n) is 2.84. The summed E-state index contributed by atoms with van der Waals surface area (Å²) in [5.74, 6) is -0.327. The summed E-state index contributed by atoms with van der Waals surface area (Å²) in [7, 11) is -4.04. The number of nitrogens with one attached hydrogen (secondary N) is 1. The van der Waals surface area contributed by atoms with Gasteiger partial charge < -0.3 is 4.74 Å². The van der Waals surface area contributed by atoms with Gasteiger partial charge in [-0.2, -0.15) is 9.40 Å². The third-order valence-corrected chi connectivity index (χ3v) is 6.28. The number of benzene rings is 2. The van der Waals surface area contributed by atoms with Gasteiger partial charge >= 0.3 is 0 Å². The number of carbonyl (C=O) groups excluding carboxylic acids is 1. The molecule has 0 bridgehead atoms. The summed E-state index contributed by atoms with van der Waals surface area (Å²) < 4.78 is 34.5. The number of halogens is 1. The number of sulfonamides is 1. The van der Waals surface area contributed by atoms with Crippen LogP contribution in [0.1, 0.15) is 12.0 Å². The van der Waals surface area contributed by atoms with Crippen molar-refractivity contribution in [2.24, 2.45) is 0 Å². The Hall–Kier alpha value is -3.25. The van der Waals surface area contributed by atoms with Crippen molar-refractivity contribution >= 4 is 28.3 Å². The topological polar surface area (TPSA) is 127 Å². The predicted octanol–water partition coefficient (Wildman–Crippen LogP) is 2.34. The molecule has 1 heterocycles. The summed E-state index contributed by atoms with van der Waals surface area (Å²) in [6.45, 7) is 3.42. The first-order chi connectivity index (χ1) is 15.4. The van der Waals surface area contributed by atoms with Gasteiger partial charge in [-0.05, 0) is 48.4 Å². The van der Waals surface area contributed by atoms with Gasteiger partial charge in [-0.1, -0.05) is 18.2 Å². The van der Waals surface area contributed by atoms with E-state index < -0.39 is 22.5 Å². The van der Waals surface area contributed by atoms with Gasteiger partial charge in [-0.25, -0.2) is 23.6 Å². The SMILES string of the molecule is C=CCCOc1ccc(S(=O)(=O)N(CC(=O)NO)Cc2ccc(-n3cncn3)cc2)cc1.Cl. The highest BCUT2D eigenvalue weighted by molar-refractivity contribution is 7.89. The summed E-state index contributed by atoms with van der Waals surface area (Å²) in [5.41, 5.74) is 2.88. The molecule has 2 aromatic carbocycles. The Morgan fingerprint density at radius 1 is 1.18 bits per heavy atom. The third-order valence-electron chi connectivity index (χ3n) is 4.48. The Bertz CT molecular complexity index is 1140. The first kappa shape index (κ1) is 26.0. The van der Waals surface area contributed by atoms with Crippen molar-refractivity contribution in [1.82, 2.24) is 24.5 Å². The van der Waals surface area contributed by atoms with E-state index in [2.05, 4.69) is 16.7 Å². The molecule has 3 rings (SSSR count). The summed E-state index contributed by atoms with van der Waals surface area (Å²) in [6.07, 6.45) is 5.34. The zero-order valence-electron chi connectivity index (χ0n) is 17.6. The van der Waals surface area contributed by atoms with Gasteiger partial charge in [0.25, 0.3) is 5.91 Å². The van der Waals surface area contributed by atoms with Crippen LogP contribution < -0.4 is 10.2 Å². The molecule has 1 amide bonds. The lowest BCUT2D eigenvalue weighted by molar-refractivity contribution is -0.129. The molecule has 0 unspecified atom stereocenters. The van der Waals surface area contributed by atoms with Crippen LogP contribution in [0.4, 0.5) is 0 Å². The predicted molar refractivity (Wildman–Crippen MR) is 123 cm³/mol. The molecule has 176 valence electrons. The Morgan fingerprint density at radius 3 is 2.45 bits per heavy atom. The first-order valence-corrected chi connectivity index (χ1v) is 11.1. The Morgan fingerprint density at radius 2 is 1.88 bits per heavy atom. The van der Waals surface area contributed by atoms with Crippen molar-refractivity contribution in [2.45, 2.75) is 17.9 Å². The first-order valence-electron chi connectivity index (χ1n) is 9.65. The minimum absolute atomic E-state index is 0. The molecule has 0 saturated carbocycles. The minimum Gasteiger partial charge on any atom is -0.493 e. The number of rotatable bonds is 11.